The number of esters is 1. The SMILES string of the molecule is CCOC(=O)CCC1=CCCc2c(OCCc3nc(-c4ccc(C)cc4)oc3C)cccc21. The molecule has 172 valence electrons. The van der Waals surface area contributed by atoms with Crippen LogP contribution >= 0.6 is 0 Å². The molecule has 0 radical (unpaired) electrons. The molecule has 0 saturated carbocycles. The predicted octanol–water partition coefficient (Wildman–Crippen LogP) is 6.25. The quantitative estimate of drug-likeness (QED) is 0.364. The molecule has 1 heterocycles. The highest BCUT2D eigenvalue weighted by Gasteiger charge is 2.18. The maximum Gasteiger partial charge on any atom is 0.306 e. The Hall–Kier alpha value is -3.34. The molecule has 0 saturated heterocycles. The van der Waals surface area contributed by atoms with Crippen molar-refractivity contribution < 1.29 is 18.7 Å². The molecule has 4 rings (SSSR count). The summed E-state index contributed by atoms with van der Waals surface area (Å²) in [7, 11) is 0. The molecular weight excluding hydrogens is 414 g/mol. The fourth-order valence-corrected chi connectivity index (χ4v) is 4.20. The van der Waals surface area contributed by atoms with Crippen molar-refractivity contribution in [3.05, 3.63) is 76.7 Å². The second kappa shape index (κ2) is 10.5. The van der Waals surface area contributed by atoms with Crippen molar-refractivity contribution >= 4 is 11.5 Å². The van der Waals surface area contributed by atoms with E-state index in [0.717, 1.165) is 35.6 Å². The van der Waals surface area contributed by atoms with E-state index in [1.165, 1.54) is 22.3 Å². The number of rotatable bonds is 9. The van der Waals surface area contributed by atoms with Gasteiger partial charge in [0.1, 0.15) is 11.5 Å². The highest BCUT2D eigenvalue weighted by atomic mass is 16.5. The van der Waals surface area contributed by atoms with Crippen molar-refractivity contribution in [1.29, 1.82) is 0 Å². The van der Waals surface area contributed by atoms with Gasteiger partial charge in [0.15, 0.2) is 0 Å². The normalized spacial score (nSPS) is 12.8. The summed E-state index contributed by atoms with van der Waals surface area (Å²) in [5.74, 6) is 2.24. The van der Waals surface area contributed by atoms with Crippen LogP contribution in [0.5, 0.6) is 5.75 Å². The molecule has 1 aliphatic rings. The molecule has 0 spiro atoms. The number of hydrogen-bond acceptors (Lipinski definition) is 5. The van der Waals surface area contributed by atoms with Crippen molar-refractivity contribution in [2.45, 2.75) is 52.9 Å². The van der Waals surface area contributed by atoms with Crippen LogP contribution in [0.2, 0.25) is 0 Å². The minimum Gasteiger partial charge on any atom is -0.493 e. The van der Waals surface area contributed by atoms with Crippen LogP contribution in [-0.4, -0.2) is 24.2 Å². The maximum absolute atomic E-state index is 11.8. The summed E-state index contributed by atoms with van der Waals surface area (Å²) in [5.41, 5.74) is 6.71. The number of oxazole rings is 1. The van der Waals surface area contributed by atoms with E-state index in [9.17, 15) is 4.79 Å². The zero-order valence-corrected chi connectivity index (χ0v) is 19.6. The summed E-state index contributed by atoms with van der Waals surface area (Å²) in [6.07, 6.45) is 5.89. The number of carbonyl (C=O) groups excluding carboxylic acids is 1. The monoisotopic (exact) mass is 445 g/mol. The third kappa shape index (κ3) is 5.54. The van der Waals surface area contributed by atoms with E-state index in [4.69, 9.17) is 18.9 Å². The van der Waals surface area contributed by atoms with Crippen molar-refractivity contribution in [3.63, 3.8) is 0 Å². The third-order valence-electron chi connectivity index (χ3n) is 5.96. The zero-order chi connectivity index (χ0) is 23.2. The summed E-state index contributed by atoms with van der Waals surface area (Å²) in [4.78, 5) is 16.5. The number of nitrogens with zero attached hydrogens (tertiary/aromatic N) is 1. The molecule has 2 aromatic carbocycles. The lowest BCUT2D eigenvalue weighted by atomic mass is 9.88. The largest absolute Gasteiger partial charge is 0.493 e. The van der Waals surface area contributed by atoms with Gasteiger partial charge in [-0.15, -0.1) is 0 Å². The molecule has 0 fully saturated rings. The van der Waals surface area contributed by atoms with Gasteiger partial charge in [-0.3, -0.25) is 4.79 Å². The van der Waals surface area contributed by atoms with E-state index in [1.807, 2.05) is 38.1 Å². The molecular formula is C28H31NO4. The Labute approximate surface area is 195 Å². The number of hydrogen-bond donors (Lipinski definition) is 0. The van der Waals surface area contributed by atoms with E-state index in [2.05, 4.69) is 31.2 Å². The van der Waals surface area contributed by atoms with Crippen LogP contribution in [0.1, 0.15) is 54.3 Å². The fraction of sp³-hybridized carbons (Fsp3) is 0.357. The first-order chi connectivity index (χ1) is 16.0. The third-order valence-corrected chi connectivity index (χ3v) is 5.96. The van der Waals surface area contributed by atoms with Gasteiger partial charge in [0.2, 0.25) is 5.89 Å². The highest BCUT2D eigenvalue weighted by molar-refractivity contribution is 5.77. The predicted molar refractivity (Wildman–Crippen MR) is 129 cm³/mol. The molecule has 5 nitrogen and oxygen atoms in total. The number of allylic oxidation sites excluding steroid dienone is 2. The summed E-state index contributed by atoms with van der Waals surface area (Å²) in [5, 5.41) is 0. The van der Waals surface area contributed by atoms with Crippen LogP contribution in [0, 0.1) is 13.8 Å². The Balaban J connectivity index is 1.40. The van der Waals surface area contributed by atoms with Crippen LogP contribution in [0.3, 0.4) is 0 Å². The first-order valence-electron chi connectivity index (χ1n) is 11.7. The van der Waals surface area contributed by atoms with E-state index < -0.39 is 0 Å². The molecule has 0 N–H and O–H groups in total. The minimum atomic E-state index is -0.147. The van der Waals surface area contributed by atoms with Crippen LogP contribution in [0.25, 0.3) is 17.0 Å². The van der Waals surface area contributed by atoms with Crippen molar-refractivity contribution in [3.8, 4) is 17.2 Å². The second-order valence-electron chi connectivity index (χ2n) is 8.34. The second-order valence-corrected chi connectivity index (χ2v) is 8.34. The molecule has 33 heavy (non-hydrogen) atoms. The Morgan fingerprint density at radius 3 is 2.70 bits per heavy atom. The van der Waals surface area contributed by atoms with Gasteiger partial charge < -0.3 is 13.9 Å². The van der Waals surface area contributed by atoms with Gasteiger partial charge in [-0.1, -0.05) is 35.9 Å². The van der Waals surface area contributed by atoms with E-state index in [-0.39, 0.29) is 5.97 Å². The lowest BCUT2D eigenvalue weighted by Gasteiger charge is -2.21. The summed E-state index contributed by atoms with van der Waals surface area (Å²) in [6, 6.07) is 14.4. The first-order valence-corrected chi connectivity index (χ1v) is 11.7. The fourth-order valence-electron chi connectivity index (χ4n) is 4.20. The van der Waals surface area contributed by atoms with Gasteiger partial charge in [-0.25, -0.2) is 4.98 Å². The van der Waals surface area contributed by atoms with E-state index in [0.29, 0.717) is 38.4 Å². The van der Waals surface area contributed by atoms with Crippen LogP contribution in [0.4, 0.5) is 0 Å². The number of fused-ring (bicyclic) bond motifs is 1. The van der Waals surface area contributed by atoms with Gasteiger partial charge in [-0.05, 0) is 69.4 Å². The Morgan fingerprint density at radius 1 is 1.09 bits per heavy atom. The van der Waals surface area contributed by atoms with Crippen molar-refractivity contribution in [2.24, 2.45) is 0 Å². The molecule has 1 aliphatic carbocycles. The Bertz CT molecular complexity index is 1140. The average Bonchev–Trinajstić information content (AvgIpc) is 3.19. The summed E-state index contributed by atoms with van der Waals surface area (Å²) in [6.45, 7) is 6.80. The Morgan fingerprint density at radius 2 is 1.91 bits per heavy atom. The van der Waals surface area contributed by atoms with Crippen molar-refractivity contribution in [1.82, 2.24) is 4.98 Å². The first kappa shape index (κ1) is 22.8. The van der Waals surface area contributed by atoms with Crippen LogP contribution in [-0.2, 0) is 22.4 Å². The zero-order valence-electron chi connectivity index (χ0n) is 19.6. The summed E-state index contributed by atoms with van der Waals surface area (Å²) >= 11 is 0. The average molecular weight is 446 g/mol. The van der Waals surface area contributed by atoms with Gasteiger partial charge in [0.25, 0.3) is 0 Å². The number of benzene rings is 2. The van der Waals surface area contributed by atoms with Crippen molar-refractivity contribution in [2.75, 3.05) is 13.2 Å². The molecule has 0 bridgehead atoms. The number of ether oxygens (including phenoxy) is 2. The van der Waals surface area contributed by atoms with Gasteiger partial charge >= 0.3 is 5.97 Å². The smallest absolute Gasteiger partial charge is 0.306 e. The molecule has 1 aromatic heterocycles. The minimum absolute atomic E-state index is 0.147. The topological polar surface area (TPSA) is 61.6 Å². The maximum atomic E-state index is 11.8. The number of carbonyl (C=O) groups is 1. The summed E-state index contributed by atoms with van der Waals surface area (Å²) < 4.78 is 17.2. The lowest BCUT2D eigenvalue weighted by molar-refractivity contribution is -0.142. The van der Waals surface area contributed by atoms with Gasteiger partial charge in [0.05, 0.1) is 18.9 Å². The van der Waals surface area contributed by atoms with Crippen LogP contribution < -0.4 is 4.74 Å². The standard InChI is InChI=1S/C28H31NO4/c1-4-31-27(30)16-15-21-7-5-9-24-23(21)8-6-10-26(24)32-18-17-25-20(3)33-28(29-25)22-13-11-19(2)12-14-22/h6-8,10-14H,4-5,9,15-18H2,1-3H3. The molecule has 0 atom stereocenters. The lowest BCUT2D eigenvalue weighted by Crippen LogP contribution is -2.09. The Kier molecular flexibility index (Phi) is 7.28. The van der Waals surface area contributed by atoms with E-state index >= 15 is 0 Å². The van der Waals surface area contributed by atoms with Gasteiger partial charge in [-0.2, -0.15) is 0 Å². The number of aromatic nitrogens is 1. The molecule has 3 aromatic rings. The highest BCUT2D eigenvalue weighted by Crippen LogP contribution is 2.35. The number of aryl methyl sites for hydroxylation is 2. The molecule has 0 unspecified atom stereocenters. The molecule has 5 heteroatoms. The van der Waals surface area contributed by atoms with E-state index in [1.54, 1.807) is 0 Å². The van der Waals surface area contributed by atoms with Crippen LogP contribution in [0.15, 0.2) is 53.0 Å². The van der Waals surface area contributed by atoms with Gasteiger partial charge in [0, 0.05) is 24.0 Å². The molecule has 0 aliphatic heterocycles. The molecule has 0 amide bonds.